The summed E-state index contributed by atoms with van der Waals surface area (Å²) in [5.41, 5.74) is 0.800. The first-order chi connectivity index (χ1) is 6.36. The van der Waals surface area contributed by atoms with Gasteiger partial charge in [0, 0.05) is 24.0 Å². The summed E-state index contributed by atoms with van der Waals surface area (Å²) in [6.45, 7) is 0. The van der Waals surface area contributed by atoms with Crippen molar-refractivity contribution in [3.05, 3.63) is 42.7 Å². The summed E-state index contributed by atoms with van der Waals surface area (Å²) < 4.78 is 0. The number of aromatic hydroxyl groups is 1. The van der Waals surface area contributed by atoms with Crippen molar-refractivity contribution in [1.82, 2.24) is 9.97 Å². The minimum atomic E-state index is 0.217. The zero-order chi connectivity index (χ0) is 9.10. The fourth-order valence-electron chi connectivity index (χ4n) is 1.06. The van der Waals surface area contributed by atoms with Crippen molar-refractivity contribution in [1.29, 1.82) is 0 Å². The lowest BCUT2D eigenvalue weighted by Gasteiger charge is -1.98. The summed E-state index contributed by atoms with van der Waals surface area (Å²) in [5, 5.41) is 9.21. The summed E-state index contributed by atoms with van der Waals surface area (Å²) in [7, 11) is 0. The van der Waals surface area contributed by atoms with Crippen LogP contribution in [0.5, 0.6) is 5.75 Å². The second-order valence-corrected chi connectivity index (χ2v) is 2.56. The van der Waals surface area contributed by atoms with Gasteiger partial charge in [0.15, 0.2) is 5.82 Å². The van der Waals surface area contributed by atoms with Crippen LogP contribution < -0.4 is 0 Å². The molecule has 0 atom stereocenters. The molecular weight excluding hydrogens is 164 g/mol. The molecule has 63 valence electrons. The van der Waals surface area contributed by atoms with Gasteiger partial charge < -0.3 is 5.11 Å². The highest BCUT2D eigenvalue weighted by Crippen LogP contribution is 2.18. The summed E-state index contributed by atoms with van der Waals surface area (Å²) >= 11 is 0. The predicted octanol–water partition coefficient (Wildman–Crippen LogP) is 1.65. The number of hydrogen-bond acceptors (Lipinski definition) is 3. The number of hydrogen-bond donors (Lipinski definition) is 1. The fourth-order valence-corrected chi connectivity index (χ4v) is 1.06. The van der Waals surface area contributed by atoms with Crippen LogP contribution in [0.4, 0.5) is 0 Å². The van der Waals surface area contributed by atoms with Crippen molar-refractivity contribution in [3.63, 3.8) is 0 Å². The summed E-state index contributed by atoms with van der Waals surface area (Å²) in [6.07, 6.45) is 3.10. The first-order valence-electron chi connectivity index (χ1n) is 3.84. The van der Waals surface area contributed by atoms with E-state index in [0.717, 1.165) is 5.56 Å². The number of nitrogens with zero attached hydrogens (tertiary/aromatic N) is 2. The van der Waals surface area contributed by atoms with Crippen LogP contribution in [0, 0.1) is 6.07 Å². The molecule has 2 aromatic rings. The molecule has 0 amide bonds. The van der Waals surface area contributed by atoms with Crippen molar-refractivity contribution in [2.24, 2.45) is 0 Å². The van der Waals surface area contributed by atoms with E-state index in [4.69, 9.17) is 0 Å². The number of phenolic OH excluding ortho intramolecular Hbond substituents is 1. The second-order valence-electron chi connectivity index (χ2n) is 2.56. The molecule has 3 heteroatoms. The van der Waals surface area contributed by atoms with Gasteiger partial charge in [-0.1, -0.05) is 12.1 Å². The van der Waals surface area contributed by atoms with Gasteiger partial charge in [0.2, 0.25) is 0 Å². The van der Waals surface area contributed by atoms with E-state index in [-0.39, 0.29) is 5.75 Å². The van der Waals surface area contributed by atoms with Gasteiger partial charge in [-0.3, -0.25) is 0 Å². The van der Waals surface area contributed by atoms with Gasteiger partial charge in [-0.15, -0.1) is 0 Å². The molecule has 0 saturated heterocycles. The Balaban J connectivity index is 2.48. The number of benzene rings is 1. The average Bonchev–Trinajstić information content (AvgIpc) is 2.19. The maximum absolute atomic E-state index is 9.21. The molecule has 0 fully saturated rings. The Labute approximate surface area is 75.7 Å². The van der Waals surface area contributed by atoms with E-state index in [0.29, 0.717) is 5.82 Å². The van der Waals surface area contributed by atoms with Crippen molar-refractivity contribution in [2.75, 3.05) is 0 Å². The van der Waals surface area contributed by atoms with Crippen LogP contribution in [0.25, 0.3) is 11.4 Å². The fraction of sp³-hybridized carbons (Fsp3) is 0. The normalized spacial score (nSPS) is 9.85. The third-order valence-corrected chi connectivity index (χ3v) is 1.63. The number of aromatic nitrogens is 2. The molecule has 0 unspecified atom stereocenters. The van der Waals surface area contributed by atoms with E-state index in [1.165, 1.54) is 0 Å². The first kappa shape index (κ1) is 7.73. The maximum atomic E-state index is 9.21. The first-order valence-corrected chi connectivity index (χ1v) is 3.84. The van der Waals surface area contributed by atoms with Gasteiger partial charge in [0.1, 0.15) is 5.75 Å². The summed E-state index contributed by atoms with van der Waals surface area (Å²) in [6, 6.07) is 9.56. The van der Waals surface area contributed by atoms with Crippen LogP contribution in [0.3, 0.4) is 0 Å². The Bertz CT molecular complexity index is 401. The Morgan fingerprint density at radius 3 is 2.62 bits per heavy atom. The molecule has 1 aromatic heterocycles. The topological polar surface area (TPSA) is 46.0 Å². The molecule has 3 nitrogen and oxygen atoms in total. The lowest BCUT2D eigenvalue weighted by Crippen LogP contribution is -1.85. The zero-order valence-corrected chi connectivity index (χ0v) is 6.81. The molecule has 13 heavy (non-hydrogen) atoms. The van der Waals surface area contributed by atoms with Gasteiger partial charge in [-0.25, -0.2) is 9.97 Å². The summed E-state index contributed by atoms with van der Waals surface area (Å²) in [4.78, 5) is 8.02. The van der Waals surface area contributed by atoms with Gasteiger partial charge in [-0.2, -0.15) is 0 Å². The van der Waals surface area contributed by atoms with E-state index in [2.05, 4.69) is 16.0 Å². The average molecular weight is 171 g/mol. The highest BCUT2D eigenvalue weighted by atomic mass is 16.3. The van der Waals surface area contributed by atoms with Crippen molar-refractivity contribution < 1.29 is 5.11 Å². The number of phenols is 1. The highest BCUT2D eigenvalue weighted by Gasteiger charge is 1.99. The van der Waals surface area contributed by atoms with Crippen molar-refractivity contribution in [3.8, 4) is 17.1 Å². The predicted molar refractivity (Wildman–Crippen MR) is 48.0 cm³/mol. The van der Waals surface area contributed by atoms with E-state index in [1.807, 2.05) is 6.07 Å². The SMILES string of the molecule is Oc1cccc(-c2nc[c]cn2)c1. The Hall–Kier alpha value is -1.90. The second kappa shape index (κ2) is 3.23. The molecule has 1 N–H and O–H groups in total. The Kier molecular flexibility index (Phi) is 1.92. The smallest absolute Gasteiger partial charge is 0.159 e. The lowest BCUT2D eigenvalue weighted by atomic mass is 10.2. The zero-order valence-electron chi connectivity index (χ0n) is 6.81. The molecule has 0 bridgehead atoms. The Morgan fingerprint density at radius 1 is 1.15 bits per heavy atom. The van der Waals surface area contributed by atoms with Crippen LogP contribution in [0.1, 0.15) is 0 Å². The van der Waals surface area contributed by atoms with Gasteiger partial charge in [-0.05, 0) is 12.1 Å². The van der Waals surface area contributed by atoms with Gasteiger partial charge >= 0.3 is 0 Å². The third-order valence-electron chi connectivity index (χ3n) is 1.63. The highest BCUT2D eigenvalue weighted by molar-refractivity contribution is 5.56. The Morgan fingerprint density at radius 2 is 1.92 bits per heavy atom. The minimum Gasteiger partial charge on any atom is -0.508 e. The van der Waals surface area contributed by atoms with Crippen LogP contribution >= 0.6 is 0 Å². The van der Waals surface area contributed by atoms with Crippen LogP contribution in [0.2, 0.25) is 0 Å². The van der Waals surface area contributed by atoms with Crippen LogP contribution in [-0.2, 0) is 0 Å². The van der Waals surface area contributed by atoms with Crippen molar-refractivity contribution >= 4 is 0 Å². The summed E-state index contributed by atoms with van der Waals surface area (Å²) in [5.74, 6) is 0.809. The molecule has 2 rings (SSSR count). The molecule has 0 aliphatic rings. The third kappa shape index (κ3) is 1.64. The molecule has 1 aromatic carbocycles. The van der Waals surface area contributed by atoms with E-state index in [9.17, 15) is 5.11 Å². The van der Waals surface area contributed by atoms with Crippen LogP contribution in [-0.4, -0.2) is 15.1 Å². The molecule has 1 heterocycles. The van der Waals surface area contributed by atoms with Gasteiger partial charge in [0.25, 0.3) is 0 Å². The molecule has 0 aliphatic carbocycles. The molecule has 0 aliphatic heterocycles. The molecule has 0 spiro atoms. The van der Waals surface area contributed by atoms with Crippen molar-refractivity contribution in [2.45, 2.75) is 0 Å². The van der Waals surface area contributed by atoms with E-state index < -0.39 is 0 Å². The lowest BCUT2D eigenvalue weighted by molar-refractivity contribution is 0.475. The molecule has 1 radical (unpaired) electrons. The molecular formula is C10H7N2O. The quantitative estimate of drug-likeness (QED) is 0.709. The monoisotopic (exact) mass is 171 g/mol. The van der Waals surface area contributed by atoms with E-state index in [1.54, 1.807) is 30.6 Å². The van der Waals surface area contributed by atoms with E-state index >= 15 is 0 Å². The van der Waals surface area contributed by atoms with Crippen LogP contribution in [0.15, 0.2) is 36.7 Å². The maximum Gasteiger partial charge on any atom is 0.159 e. The minimum absolute atomic E-state index is 0.217. The standard InChI is InChI=1S/C10H7N2O/c13-9-4-1-3-8(7-9)10-11-5-2-6-12-10/h1,3-7,13H. The van der Waals surface area contributed by atoms with Gasteiger partial charge in [0.05, 0.1) is 0 Å². The molecule has 0 saturated carbocycles. The largest absolute Gasteiger partial charge is 0.508 e. The number of rotatable bonds is 1.